The number of aromatic carboxylic acids is 1. The summed E-state index contributed by atoms with van der Waals surface area (Å²) in [5.74, 6) is -1.85. The molecule has 15 heavy (non-hydrogen) atoms. The number of fused-ring (bicyclic) bond motifs is 1. The molecule has 1 heterocycles. The van der Waals surface area contributed by atoms with E-state index in [0.717, 1.165) is 6.07 Å². The first-order valence-electron chi connectivity index (χ1n) is 4.00. The van der Waals surface area contributed by atoms with Crippen molar-refractivity contribution in [2.75, 3.05) is 0 Å². The van der Waals surface area contributed by atoms with Gasteiger partial charge in [0.05, 0.1) is 5.56 Å². The molecule has 0 bridgehead atoms. The van der Waals surface area contributed by atoms with E-state index in [2.05, 4.69) is 4.98 Å². The van der Waals surface area contributed by atoms with Gasteiger partial charge in [0.1, 0.15) is 5.52 Å². The minimum atomic E-state index is -2.80. The number of alkyl halides is 2. The van der Waals surface area contributed by atoms with Gasteiger partial charge in [-0.25, -0.2) is 9.78 Å². The maximum Gasteiger partial charge on any atom is 0.335 e. The first-order chi connectivity index (χ1) is 7.08. The van der Waals surface area contributed by atoms with Crippen LogP contribution >= 0.6 is 0 Å². The van der Waals surface area contributed by atoms with E-state index in [4.69, 9.17) is 9.52 Å². The van der Waals surface area contributed by atoms with E-state index in [1.54, 1.807) is 0 Å². The van der Waals surface area contributed by atoms with Gasteiger partial charge >= 0.3 is 12.4 Å². The third kappa shape index (κ3) is 1.65. The zero-order valence-electron chi connectivity index (χ0n) is 7.28. The van der Waals surface area contributed by atoms with Crippen LogP contribution in [0.25, 0.3) is 11.1 Å². The lowest BCUT2D eigenvalue weighted by Gasteiger charge is -1.91. The summed E-state index contributed by atoms with van der Waals surface area (Å²) < 4.78 is 29.1. The predicted octanol–water partition coefficient (Wildman–Crippen LogP) is 2.46. The maximum absolute atomic E-state index is 12.2. The molecule has 2 rings (SSSR count). The summed E-state index contributed by atoms with van der Waals surface area (Å²) in [6, 6.07) is 3.77. The highest BCUT2D eigenvalue weighted by Crippen LogP contribution is 2.24. The Hall–Kier alpha value is -1.98. The monoisotopic (exact) mass is 213 g/mol. The van der Waals surface area contributed by atoms with Crippen molar-refractivity contribution in [3.63, 3.8) is 0 Å². The summed E-state index contributed by atoms with van der Waals surface area (Å²) in [4.78, 5) is 14.1. The molecule has 1 aromatic carbocycles. The summed E-state index contributed by atoms with van der Waals surface area (Å²) in [7, 11) is 0. The first kappa shape index (κ1) is 9.57. The molecule has 6 heteroatoms. The fraction of sp³-hybridized carbons (Fsp3) is 0.111. The van der Waals surface area contributed by atoms with E-state index in [9.17, 15) is 13.6 Å². The fourth-order valence-corrected chi connectivity index (χ4v) is 1.17. The number of oxazole rings is 1. The molecule has 0 spiro atoms. The lowest BCUT2D eigenvalue weighted by molar-refractivity contribution is 0.0697. The number of benzene rings is 1. The summed E-state index contributed by atoms with van der Waals surface area (Å²) >= 11 is 0. The molecule has 0 aliphatic carbocycles. The van der Waals surface area contributed by atoms with Crippen molar-refractivity contribution >= 4 is 17.1 Å². The van der Waals surface area contributed by atoms with E-state index >= 15 is 0 Å². The number of hydrogen-bond acceptors (Lipinski definition) is 3. The average Bonchev–Trinajstić information content (AvgIpc) is 2.59. The van der Waals surface area contributed by atoms with Crippen LogP contribution in [0.2, 0.25) is 0 Å². The lowest BCUT2D eigenvalue weighted by atomic mass is 10.2. The topological polar surface area (TPSA) is 63.3 Å². The van der Waals surface area contributed by atoms with Crippen LogP contribution in [0.15, 0.2) is 22.6 Å². The van der Waals surface area contributed by atoms with Crippen LogP contribution in [-0.2, 0) is 0 Å². The van der Waals surface area contributed by atoms with Crippen LogP contribution in [0.5, 0.6) is 0 Å². The Kier molecular flexibility index (Phi) is 2.11. The molecule has 0 aliphatic heterocycles. The second-order valence-electron chi connectivity index (χ2n) is 2.84. The van der Waals surface area contributed by atoms with Gasteiger partial charge < -0.3 is 9.52 Å². The second-order valence-corrected chi connectivity index (χ2v) is 2.84. The highest BCUT2D eigenvalue weighted by Gasteiger charge is 2.16. The molecule has 0 atom stereocenters. The summed E-state index contributed by atoms with van der Waals surface area (Å²) in [5.41, 5.74) is 0.236. The van der Waals surface area contributed by atoms with E-state index < -0.39 is 18.3 Å². The number of aromatic nitrogens is 1. The largest absolute Gasteiger partial charge is 0.478 e. The van der Waals surface area contributed by atoms with Gasteiger partial charge in [0.15, 0.2) is 5.58 Å². The van der Waals surface area contributed by atoms with Crippen molar-refractivity contribution in [2.24, 2.45) is 0 Å². The van der Waals surface area contributed by atoms with Crippen molar-refractivity contribution in [1.82, 2.24) is 4.98 Å². The van der Waals surface area contributed by atoms with Crippen molar-refractivity contribution in [3.05, 3.63) is 29.7 Å². The van der Waals surface area contributed by atoms with Crippen molar-refractivity contribution in [1.29, 1.82) is 0 Å². The molecule has 1 aromatic heterocycles. The van der Waals surface area contributed by atoms with Crippen molar-refractivity contribution in [2.45, 2.75) is 6.43 Å². The Balaban J connectivity index is 2.57. The molecule has 1 N–H and O–H groups in total. The number of carbonyl (C=O) groups is 1. The molecule has 78 valence electrons. The van der Waals surface area contributed by atoms with Crippen LogP contribution in [-0.4, -0.2) is 16.1 Å². The molecular formula is C9H5F2NO3. The minimum Gasteiger partial charge on any atom is -0.478 e. The van der Waals surface area contributed by atoms with Crippen molar-refractivity contribution in [3.8, 4) is 0 Å². The highest BCUT2D eigenvalue weighted by molar-refractivity contribution is 5.91. The Morgan fingerprint density at radius 1 is 1.47 bits per heavy atom. The van der Waals surface area contributed by atoms with Gasteiger partial charge in [-0.1, -0.05) is 0 Å². The maximum atomic E-state index is 12.2. The first-order valence-corrected chi connectivity index (χ1v) is 4.00. The Bertz CT molecular complexity index is 521. The predicted molar refractivity (Wildman–Crippen MR) is 45.9 cm³/mol. The number of halogens is 2. The van der Waals surface area contributed by atoms with Gasteiger partial charge in [-0.15, -0.1) is 0 Å². The third-order valence-corrected chi connectivity index (χ3v) is 1.84. The molecule has 0 fully saturated rings. The number of carboxylic acids is 1. The fourth-order valence-electron chi connectivity index (χ4n) is 1.17. The molecule has 4 nitrogen and oxygen atoms in total. The summed E-state index contributed by atoms with van der Waals surface area (Å²) in [5, 5.41) is 8.65. The van der Waals surface area contributed by atoms with Crippen molar-refractivity contribution < 1.29 is 23.1 Å². The number of nitrogens with zero attached hydrogens (tertiary/aromatic N) is 1. The average molecular weight is 213 g/mol. The molecule has 0 amide bonds. The van der Waals surface area contributed by atoms with Crippen LogP contribution < -0.4 is 0 Å². The van der Waals surface area contributed by atoms with Crippen LogP contribution in [0, 0.1) is 0 Å². The Labute approximate surface area is 82.1 Å². The summed E-state index contributed by atoms with van der Waals surface area (Å²) in [6.07, 6.45) is -2.80. The quantitative estimate of drug-likeness (QED) is 0.832. The molecular weight excluding hydrogens is 208 g/mol. The van der Waals surface area contributed by atoms with Crippen LogP contribution in [0.1, 0.15) is 22.7 Å². The van der Waals surface area contributed by atoms with E-state index in [1.807, 2.05) is 0 Å². The van der Waals surface area contributed by atoms with Crippen LogP contribution in [0.4, 0.5) is 8.78 Å². The molecule has 2 aromatic rings. The highest BCUT2D eigenvalue weighted by atomic mass is 19.3. The third-order valence-electron chi connectivity index (χ3n) is 1.84. The normalized spacial score (nSPS) is 11.1. The SMILES string of the molecule is O=C(O)c1ccc2nc(C(F)F)oc2c1. The minimum absolute atomic E-state index is 0.0283. The summed E-state index contributed by atoms with van der Waals surface area (Å²) in [6.45, 7) is 0. The Morgan fingerprint density at radius 3 is 2.80 bits per heavy atom. The van der Waals surface area contributed by atoms with E-state index in [0.29, 0.717) is 0 Å². The van der Waals surface area contributed by atoms with Gasteiger partial charge in [-0.05, 0) is 18.2 Å². The molecule has 0 radical (unpaired) electrons. The zero-order chi connectivity index (χ0) is 11.0. The van der Waals surface area contributed by atoms with Crippen LogP contribution in [0.3, 0.4) is 0 Å². The Morgan fingerprint density at radius 2 is 2.20 bits per heavy atom. The van der Waals surface area contributed by atoms with Gasteiger partial charge in [0, 0.05) is 0 Å². The molecule has 0 saturated carbocycles. The van der Waals surface area contributed by atoms with Gasteiger partial charge in [-0.2, -0.15) is 8.78 Å². The number of carboxylic acid groups (broad SMARTS) is 1. The molecule has 0 unspecified atom stereocenters. The van der Waals surface area contributed by atoms with Gasteiger partial charge in [0.2, 0.25) is 0 Å². The number of rotatable bonds is 2. The van der Waals surface area contributed by atoms with Gasteiger partial charge in [-0.3, -0.25) is 0 Å². The molecule has 0 aliphatic rings. The van der Waals surface area contributed by atoms with E-state index in [1.165, 1.54) is 12.1 Å². The van der Waals surface area contributed by atoms with Gasteiger partial charge in [0.25, 0.3) is 5.89 Å². The second kappa shape index (κ2) is 3.30. The smallest absolute Gasteiger partial charge is 0.335 e. The standard InChI is InChI=1S/C9H5F2NO3/c10-7(11)8-12-5-2-1-4(9(13)14)3-6(5)15-8/h1-3,7H,(H,13,14). The lowest BCUT2D eigenvalue weighted by Crippen LogP contribution is -1.94. The van der Waals surface area contributed by atoms with E-state index in [-0.39, 0.29) is 16.7 Å². The zero-order valence-corrected chi connectivity index (χ0v) is 7.28. The molecule has 0 saturated heterocycles. The number of hydrogen-bond donors (Lipinski definition) is 1.